The smallest absolute Gasteiger partial charge is 0.145 e. The van der Waals surface area contributed by atoms with Gasteiger partial charge in [0.05, 0.1) is 0 Å². The first-order valence-corrected chi connectivity index (χ1v) is 17.5. The predicted molar refractivity (Wildman–Crippen MR) is 207 cm³/mol. The van der Waals surface area contributed by atoms with E-state index in [4.69, 9.17) is 9.92 Å². The molecule has 0 amide bonds. The molecule has 0 fully saturated rings. The molecule has 0 unspecified atom stereocenters. The van der Waals surface area contributed by atoms with Crippen molar-refractivity contribution in [1.29, 1.82) is 0 Å². The molecule has 260 valence electrons. The van der Waals surface area contributed by atoms with Gasteiger partial charge < -0.3 is 4.57 Å². The average Bonchev–Trinajstić information content (AvgIpc) is 3.68. The number of aromatic nitrogens is 2. The average molecular weight is 851 g/mol. The Labute approximate surface area is 315 Å². The molecule has 3 heterocycles. The Balaban J connectivity index is 0.00000406. The minimum absolute atomic E-state index is 0. The third-order valence-electron chi connectivity index (χ3n) is 9.96. The monoisotopic (exact) mass is 850 g/mol. The molecular formula is C45H43N4OPt-. The summed E-state index contributed by atoms with van der Waals surface area (Å²) >= 11 is 0. The van der Waals surface area contributed by atoms with Crippen molar-refractivity contribution in [2.75, 3.05) is 10.1 Å². The van der Waals surface area contributed by atoms with E-state index in [1.807, 2.05) is 11.3 Å². The van der Waals surface area contributed by atoms with Crippen molar-refractivity contribution in [2.24, 2.45) is 0 Å². The maximum Gasteiger partial charge on any atom is 0.145 e. The standard InChI is InChI=1S/C45H42N4O.Pt/c1-30(2)35-17-8-9-18-36(35)31-25-26-46-43(27-31)47-39-20-11-10-19-37(39)38-24-23-33(29-42(38)47)45(6,7)32-15-14-16-34(28-32)48-40-21-12-13-22-41(40)49(50-48)44(3,4)5;/h8-27,30H,1-7H3;/q-2;/p+1. The summed E-state index contributed by atoms with van der Waals surface area (Å²) in [7, 11) is 0. The minimum Gasteiger partial charge on any atom is -0.319 e. The van der Waals surface area contributed by atoms with E-state index in [-0.39, 0.29) is 26.6 Å². The second-order valence-corrected chi connectivity index (χ2v) is 15.1. The number of benzene rings is 5. The Hall–Kier alpha value is -4.70. The number of pyridine rings is 1. The van der Waals surface area contributed by atoms with Crippen LogP contribution in [0.5, 0.6) is 0 Å². The molecule has 1 N–H and O–H groups in total. The van der Waals surface area contributed by atoms with E-state index in [0.29, 0.717) is 5.92 Å². The number of fused-ring (bicyclic) bond motifs is 4. The maximum absolute atomic E-state index is 5.06. The van der Waals surface area contributed by atoms with Crippen molar-refractivity contribution in [2.45, 2.75) is 65.3 Å². The number of anilines is 3. The minimum atomic E-state index is -0.403. The molecule has 0 spiro atoms. The number of para-hydroxylation sites is 3. The van der Waals surface area contributed by atoms with Gasteiger partial charge in [-0.2, -0.15) is 46.4 Å². The van der Waals surface area contributed by atoms with Crippen LogP contribution in [-0.2, 0) is 26.5 Å². The zero-order chi connectivity index (χ0) is 34.8. The van der Waals surface area contributed by atoms with Crippen LogP contribution in [0.1, 0.15) is 71.1 Å². The normalized spacial score (nSPS) is 13.3. The SMILES string of the molecule is CC(C)c1ccccc1-c1ccnc(-n2c3[c-]c(C(C)(C)c4[c-]c(N5[OH+]N(C(C)(C)C)c6ccccc65)ccc4)ccc3c3ccccc32)c1.[Pt]. The van der Waals surface area contributed by atoms with E-state index in [9.17, 15) is 0 Å². The molecule has 7 aromatic rings. The molecule has 1 aliphatic rings. The van der Waals surface area contributed by atoms with Gasteiger partial charge in [0.1, 0.15) is 22.7 Å². The number of hydrogen-bond acceptors (Lipinski definition) is 3. The Kier molecular flexibility index (Phi) is 8.94. The first kappa shape index (κ1) is 34.7. The topological polar surface area (TPSA) is 37.1 Å². The fourth-order valence-corrected chi connectivity index (χ4v) is 7.24. The predicted octanol–water partition coefficient (Wildman–Crippen LogP) is 11.5. The van der Waals surface area contributed by atoms with Crippen LogP contribution in [0.3, 0.4) is 0 Å². The number of rotatable bonds is 6. The van der Waals surface area contributed by atoms with E-state index in [0.717, 1.165) is 56.0 Å². The van der Waals surface area contributed by atoms with E-state index >= 15 is 0 Å². The fraction of sp³-hybridized carbons (Fsp3) is 0.222. The first-order chi connectivity index (χ1) is 24.0. The molecule has 0 saturated carbocycles. The van der Waals surface area contributed by atoms with Gasteiger partial charge in [0.2, 0.25) is 0 Å². The van der Waals surface area contributed by atoms with Crippen molar-refractivity contribution in [3.63, 3.8) is 0 Å². The van der Waals surface area contributed by atoms with Gasteiger partial charge in [0.15, 0.2) is 0 Å². The zero-order valence-electron chi connectivity index (χ0n) is 30.2. The molecule has 51 heavy (non-hydrogen) atoms. The molecule has 8 rings (SSSR count). The number of nitrogens with zero attached hydrogens (tertiary/aromatic N) is 4. The summed E-state index contributed by atoms with van der Waals surface area (Å²) < 4.78 is 2.27. The van der Waals surface area contributed by atoms with E-state index < -0.39 is 5.41 Å². The van der Waals surface area contributed by atoms with Crippen LogP contribution in [0, 0.1) is 12.1 Å². The molecule has 5 aromatic carbocycles. The van der Waals surface area contributed by atoms with Crippen molar-refractivity contribution in [1.82, 2.24) is 9.55 Å². The molecule has 0 bridgehead atoms. The molecular weight excluding hydrogens is 808 g/mol. The first-order valence-electron chi connectivity index (χ1n) is 17.5. The van der Waals surface area contributed by atoms with Crippen LogP contribution < -0.4 is 10.1 Å². The second-order valence-electron chi connectivity index (χ2n) is 15.1. The third-order valence-corrected chi connectivity index (χ3v) is 9.96. The molecule has 0 aliphatic carbocycles. The molecule has 5 nitrogen and oxygen atoms in total. The summed E-state index contributed by atoms with van der Waals surface area (Å²) in [6.45, 7) is 15.6. The summed E-state index contributed by atoms with van der Waals surface area (Å²) in [6.07, 6.45) is 1.93. The van der Waals surface area contributed by atoms with Gasteiger partial charge in [-0.3, -0.25) is 0 Å². The van der Waals surface area contributed by atoms with Gasteiger partial charge in [-0.1, -0.05) is 87.8 Å². The molecule has 6 heteroatoms. The zero-order valence-corrected chi connectivity index (χ0v) is 32.4. The van der Waals surface area contributed by atoms with Crippen LogP contribution in [0.25, 0.3) is 38.8 Å². The quantitative estimate of drug-likeness (QED) is 0.124. The molecule has 0 radical (unpaired) electrons. The van der Waals surface area contributed by atoms with Gasteiger partial charge in [-0.15, -0.1) is 27.6 Å². The van der Waals surface area contributed by atoms with Crippen molar-refractivity contribution in [3.05, 3.63) is 150 Å². The largest absolute Gasteiger partial charge is 0.319 e. The van der Waals surface area contributed by atoms with Gasteiger partial charge in [0, 0.05) is 38.5 Å². The summed E-state index contributed by atoms with van der Waals surface area (Å²) in [5.41, 5.74) is 10.5. The van der Waals surface area contributed by atoms with Gasteiger partial charge in [0.25, 0.3) is 0 Å². The molecule has 2 aromatic heterocycles. The van der Waals surface area contributed by atoms with Crippen LogP contribution >= 0.6 is 0 Å². The summed E-state index contributed by atoms with van der Waals surface area (Å²) in [5, 5.41) is 6.45. The van der Waals surface area contributed by atoms with Crippen molar-refractivity contribution < 1.29 is 26.0 Å². The van der Waals surface area contributed by atoms with E-state index in [1.165, 1.54) is 16.5 Å². The Morgan fingerprint density at radius 1 is 0.686 bits per heavy atom. The van der Waals surface area contributed by atoms with Crippen molar-refractivity contribution in [3.8, 4) is 16.9 Å². The Morgan fingerprint density at radius 2 is 1.39 bits per heavy atom. The number of hydrogen-bond donors (Lipinski definition) is 0. The van der Waals surface area contributed by atoms with Crippen LogP contribution in [0.15, 0.2) is 121 Å². The second kappa shape index (κ2) is 13.1. The molecule has 0 saturated heterocycles. The summed E-state index contributed by atoms with van der Waals surface area (Å²) in [4.78, 5) is 10.0. The van der Waals surface area contributed by atoms with E-state index in [1.54, 1.807) is 0 Å². The van der Waals surface area contributed by atoms with Crippen LogP contribution in [0.2, 0.25) is 0 Å². The Bertz CT molecular complexity index is 2380. The van der Waals surface area contributed by atoms with Gasteiger partial charge in [-0.05, 0) is 84.5 Å². The van der Waals surface area contributed by atoms with Gasteiger partial charge in [-0.25, -0.2) is 4.98 Å². The summed E-state index contributed by atoms with van der Waals surface area (Å²) in [5.74, 6) is 1.29. The van der Waals surface area contributed by atoms with Crippen LogP contribution in [0.4, 0.5) is 17.1 Å². The maximum atomic E-state index is 5.06. The molecule has 1 aliphatic heterocycles. The Morgan fingerprint density at radius 3 is 2.18 bits per heavy atom. The fourth-order valence-electron chi connectivity index (χ4n) is 7.24. The van der Waals surface area contributed by atoms with Gasteiger partial charge >= 0.3 is 0 Å². The number of hydroxylamine groups is 1. The molecule has 0 atom stereocenters. The van der Waals surface area contributed by atoms with E-state index in [2.05, 4.69) is 185 Å². The van der Waals surface area contributed by atoms with Crippen molar-refractivity contribution >= 4 is 38.9 Å². The summed E-state index contributed by atoms with van der Waals surface area (Å²) in [6, 6.07) is 48.5. The van der Waals surface area contributed by atoms with Crippen LogP contribution in [-0.4, -0.2) is 20.0 Å². The third kappa shape index (κ3) is 5.97.